The SMILES string of the molecule is Cc1nc(-c2c(C)c(C)nn(C)c2=O)sc1C(=O)NNC(=O)c1ccc(OC(C)C)cc1. The molecule has 0 fully saturated rings. The van der Waals surface area contributed by atoms with E-state index in [2.05, 4.69) is 20.9 Å². The van der Waals surface area contributed by atoms with Gasteiger partial charge in [0.1, 0.15) is 15.6 Å². The number of benzene rings is 1. The minimum absolute atomic E-state index is 0.0292. The highest BCUT2D eigenvalue weighted by Gasteiger charge is 2.21. The van der Waals surface area contributed by atoms with Crippen molar-refractivity contribution in [3.05, 3.63) is 62.0 Å². The zero-order valence-corrected chi connectivity index (χ0v) is 19.6. The van der Waals surface area contributed by atoms with Crippen LogP contribution in [0.1, 0.15) is 50.8 Å². The van der Waals surface area contributed by atoms with E-state index in [1.165, 1.54) is 4.68 Å². The van der Waals surface area contributed by atoms with Crippen LogP contribution in [0.15, 0.2) is 29.1 Å². The Morgan fingerprint density at radius 3 is 2.28 bits per heavy atom. The van der Waals surface area contributed by atoms with E-state index in [0.29, 0.717) is 43.7 Å². The van der Waals surface area contributed by atoms with Crippen LogP contribution in [0.2, 0.25) is 0 Å². The van der Waals surface area contributed by atoms with Crippen LogP contribution in [-0.4, -0.2) is 32.7 Å². The Labute approximate surface area is 189 Å². The Balaban J connectivity index is 1.74. The van der Waals surface area contributed by atoms with Crippen molar-refractivity contribution in [1.29, 1.82) is 0 Å². The van der Waals surface area contributed by atoms with Crippen LogP contribution in [0.25, 0.3) is 10.6 Å². The van der Waals surface area contributed by atoms with Crippen molar-refractivity contribution < 1.29 is 14.3 Å². The molecule has 10 heteroatoms. The smallest absolute Gasteiger partial charge is 0.281 e. The minimum Gasteiger partial charge on any atom is -0.491 e. The van der Waals surface area contributed by atoms with E-state index in [1.54, 1.807) is 45.2 Å². The van der Waals surface area contributed by atoms with E-state index in [4.69, 9.17) is 4.74 Å². The van der Waals surface area contributed by atoms with Gasteiger partial charge in [-0.15, -0.1) is 11.3 Å². The van der Waals surface area contributed by atoms with Crippen LogP contribution in [0.5, 0.6) is 5.75 Å². The molecule has 0 aliphatic carbocycles. The molecule has 2 heterocycles. The normalized spacial score (nSPS) is 10.8. The van der Waals surface area contributed by atoms with Gasteiger partial charge in [-0.05, 0) is 64.4 Å². The third-order valence-electron chi connectivity index (χ3n) is 4.72. The first-order valence-corrected chi connectivity index (χ1v) is 10.8. The molecule has 2 N–H and O–H groups in total. The lowest BCUT2D eigenvalue weighted by molar-refractivity contribution is 0.0848. The van der Waals surface area contributed by atoms with E-state index in [1.807, 2.05) is 20.8 Å². The summed E-state index contributed by atoms with van der Waals surface area (Å²) in [5.74, 6) is -0.327. The first-order chi connectivity index (χ1) is 15.1. The molecule has 2 aromatic heterocycles. The molecule has 9 nitrogen and oxygen atoms in total. The van der Waals surface area contributed by atoms with Crippen molar-refractivity contribution in [2.24, 2.45) is 7.05 Å². The first-order valence-electron chi connectivity index (χ1n) is 9.98. The summed E-state index contributed by atoms with van der Waals surface area (Å²) >= 11 is 1.09. The van der Waals surface area contributed by atoms with Crippen molar-refractivity contribution in [1.82, 2.24) is 25.6 Å². The predicted octanol–water partition coefficient (Wildman–Crippen LogP) is 2.69. The average Bonchev–Trinajstić information content (AvgIpc) is 3.12. The molecule has 0 aliphatic rings. The molecule has 0 aliphatic heterocycles. The molecule has 32 heavy (non-hydrogen) atoms. The van der Waals surface area contributed by atoms with Crippen molar-refractivity contribution in [2.75, 3.05) is 0 Å². The number of aromatic nitrogens is 3. The highest BCUT2D eigenvalue weighted by molar-refractivity contribution is 7.17. The topological polar surface area (TPSA) is 115 Å². The summed E-state index contributed by atoms with van der Waals surface area (Å²) in [4.78, 5) is 42.3. The molecule has 0 saturated heterocycles. The fourth-order valence-electron chi connectivity index (χ4n) is 3.01. The fourth-order valence-corrected chi connectivity index (χ4v) is 4.07. The molecule has 0 bridgehead atoms. The molecule has 168 valence electrons. The van der Waals surface area contributed by atoms with Gasteiger partial charge >= 0.3 is 0 Å². The van der Waals surface area contributed by atoms with Gasteiger partial charge in [0.25, 0.3) is 17.4 Å². The number of amides is 2. The van der Waals surface area contributed by atoms with Gasteiger partial charge in [-0.25, -0.2) is 9.67 Å². The first kappa shape index (κ1) is 23.1. The predicted molar refractivity (Wildman–Crippen MR) is 122 cm³/mol. The summed E-state index contributed by atoms with van der Waals surface area (Å²) in [7, 11) is 1.57. The zero-order chi connectivity index (χ0) is 23.6. The Kier molecular flexibility index (Phi) is 6.73. The highest BCUT2D eigenvalue weighted by atomic mass is 32.1. The van der Waals surface area contributed by atoms with E-state index in [-0.39, 0.29) is 11.7 Å². The van der Waals surface area contributed by atoms with E-state index < -0.39 is 11.8 Å². The number of aryl methyl sites for hydroxylation is 3. The number of rotatable bonds is 5. The maximum absolute atomic E-state index is 12.7. The lowest BCUT2D eigenvalue weighted by atomic mass is 10.1. The number of hydrogen-bond acceptors (Lipinski definition) is 7. The molecule has 0 saturated carbocycles. The lowest BCUT2D eigenvalue weighted by Gasteiger charge is -2.10. The lowest BCUT2D eigenvalue weighted by Crippen LogP contribution is -2.41. The van der Waals surface area contributed by atoms with E-state index in [0.717, 1.165) is 11.3 Å². The summed E-state index contributed by atoms with van der Waals surface area (Å²) in [6.45, 7) is 9.12. The summed E-state index contributed by atoms with van der Waals surface area (Å²) in [6, 6.07) is 6.60. The third kappa shape index (κ3) is 4.86. The van der Waals surface area contributed by atoms with Crippen LogP contribution in [0.3, 0.4) is 0 Å². The van der Waals surface area contributed by atoms with Crippen LogP contribution in [-0.2, 0) is 7.05 Å². The molecule has 0 radical (unpaired) electrons. The van der Waals surface area contributed by atoms with Crippen molar-refractivity contribution >= 4 is 23.2 Å². The number of carbonyl (C=O) groups excluding carboxylic acids is 2. The number of ether oxygens (including phenoxy) is 1. The molecule has 0 unspecified atom stereocenters. The zero-order valence-electron chi connectivity index (χ0n) is 18.8. The van der Waals surface area contributed by atoms with Gasteiger partial charge in [0.15, 0.2) is 0 Å². The molecular weight excluding hydrogens is 430 g/mol. The number of thiazole rings is 1. The third-order valence-corrected chi connectivity index (χ3v) is 5.89. The Bertz CT molecular complexity index is 1230. The van der Waals surface area contributed by atoms with Gasteiger partial charge in [-0.1, -0.05) is 0 Å². The molecular formula is C22H25N5O4S. The molecule has 1 aromatic carbocycles. The maximum Gasteiger partial charge on any atom is 0.281 e. The summed E-state index contributed by atoms with van der Waals surface area (Å²) in [5, 5.41) is 4.60. The van der Waals surface area contributed by atoms with Crippen LogP contribution < -0.4 is 21.1 Å². The quantitative estimate of drug-likeness (QED) is 0.572. The number of carbonyl (C=O) groups is 2. The molecule has 0 atom stereocenters. The second-order valence-electron chi connectivity index (χ2n) is 7.55. The summed E-state index contributed by atoms with van der Waals surface area (Å²) in [5.41, 5.74) is 7.19. The molecule has 3 rings (SSSR count). The average molecular weight is 456 g/mol. The number of nitrogens with one attached hydrogen (secondary N) is 2. The standard InChI is InChI=1S/C22H25N5O4S/c1-11(2)31-16-9-7-15(8-10-16)19(28)24-25-20(29)18-14(5)23-21(32-18)17-12(3)13(4)26-27(6)22(17)30/h7-11H,1-6H3,(H,24,28)(H,25,29). The molecule has 3 aromatic rings. The van der Waals surface area contributed by atoms with Crippen LogP contribution in [0, 0.1) is 20.8 Å². The van der Waals surface area contributed by atoms with Gasteiger partial charge in [-0.2, -0.15) is 5.10 Å². The maximum atomic E-state index is 12.7. The largest absolute Gasteiger partial charge is 0.491 e. The highest BCUT2D eigenvalue weighted by Crippen LogP contribution is 2.28. The Morgan fingerprint density at radius 1 is 1.03 bits per heavy atom. The van der Waals surface area contributed by atoms with Gasteiger partial charge in [0, 0.05) is 12.6 Å². The van der Waals surface area contributed by atoms with Crippen LogP contribution >= 0.6 is 11.3 Å². The van der Waals surface area contributed by atoms with Gasteiger partial charge < -0.3 is 4.74 Å². The summed E-state index contributed by atoms with van der Waals surface area (Å²) < 4.78 is 6.81. The number of hydrogen-bond donors (Lipinski definition) is 2. The second kappa shape index (κ2) is 9.31. The van der Waals surface area contributed by atoms with Crippen molar-refractivity contribution in [2.45, 2.75) is 40.7 Å². The molecule has 0 spiro atoms. The van der Waals surface area contributed by atoms with Gasteiger partial charge in [-0.3, -0.25) is 25.2 Å². The monoisotopic (exact) mass is 455 g/mol. The summed E-state index contributed by atoms with van der Waals surface area (Å²) in [6.07, 6.45) is 0.0292. The minimum atomic E-state index is -0.514. The van der Waals surface area contributed by atoms with E-state index >= 15 is 0 Å². The second-order valence-corrected chi connectivity index (χ2v) is 8.55. The van der Waals surface area contributed by atoms with Crippen molar-refractivity contribution in [3.8, 4) is 16.3 Å². The Morgan fingerprint density at radius 2 is 1.66 bits per heavy atom. The van der Waals surface area contributed by atoms with E-state index in [9.17, 15) is 14.4 Å². The van der Waals surface area contributed by atoms with Crippen molar-refractivity contribution in [3.63, 3.8) is 0 Å². The number of nitrogens with zero attached hydrogens (tertiary/aromatic N) is 3. The molecule has 2 amide bonds. The number of hydrazine groups is 1. The van der Waals surface area contributed by atoms with Gasteiger partial charge in [0.05, 0.1) is 23.1 Å². The fraction of sp³-hybridized carbons (Fsp3) is 0.318. The Hall–Kier alpha value is -3.53. The van der Waals surface area contributed by atoms with Crippen LogP contribution in [0.4, 0.5) is 0 Å². The van der Waals surface area contributed by atoms with Gasteiger partial charge in [0.2, 0.25) is 0 Å².